The van der Waals surface area contributed by atoms with Gasteiger partial charge in [-0.15, -0.1) is 11.8 Å². The molecule has 21 heavy (non-hydrogen) atoms. The average molecular weight is 306 g/mol. The maximum absolute atomic E-state index is 12.4. The topological polar surface area (TPSA) is 40.6 Å². The number of carbonyl (C=O) groups excluding carboxylic acids is 2. The summed E-state index contributed by atoms with van der Waals surface area (Å²) in [6, 6.07) is 7.77. The van der Waals surface area contributed by atoms with E-state index in [0.717, 1.165) is 17.7 Å². The summed E-state index contributed by atoms with van der Waals surface area (Å²) in [5.41, 5.74) is 1.18. The summed E-state index contributed by atoms with van der Waals surface area (Å²) in [6.45, 7) is 2.73. The van der Waals surface area contributed by atoms with Crippen molar-refractivity contribution in [2.45, 2.75) is 30.7 Å². The van der Waals surface area contributed by atoms with Crippen LogP contribution in [0.2, 0.25) is 0 Å². The maximum atomic E-state index is 12.4. The van der Waals surface area contributed by atoms with Gasteiger partial charge >= 0.3 is 0 Å². The van der Waals surface area contributed by atoms with Gasteiger partial charge < -0.3 is 9.80 Å². The molecule has 1 saturated heterocycles. The van der Waals surface area contributed by atoms with Crippen LogP contribution in [-0.2, 0) is 9.59 Å². The van der Waals surface area contributed by atoms with E-state index >= 15 is 0 Å². The second-order valence-electron chi connectivity index (χ2n) is 5.53. The number of aryl methyl sites for hydroxylation is 1. The molecule has 2 amide bonds. The number of nitrogens with zero attached hydrogens (tertiary/aromatic N) is 2. The third kappa shape index (κ3) is 3.79. The summed E-state index contributed by atoms with van der Waals surface area (Å²) < 4.78 is 0. The first kappa shape index (κ1) is 15.9. The largest absolute Gasteiger partial charge is 0.347 e. The fraction of sp³-hybridized carbons (Fsp3) is 0.500. The van der Waals surface area contributed by atoms with Crippen molar-refractivity contribution in [3.05, 3.63) is 29.8 Å². The van der Waals surface area contributed by atoms with Crippen molar-refractivity contribution in [2.24, 2.45) is 0 Å². The normalized spacial score (nSPS) is 17.9. The molecule has 114 valence electrons. The van der Waals surface area contributed by atoms with E-state index in [1.54, 1.807) is 35.7 Å². The van der Waals surface area contributed by atoms with Gasteiger partial charge in [-0.1, -0.05) is 18.2 Å². The maximum Gasteiger partial charge on any atom is 0.244 e. The first-order valence-electron chi connectivity index (χ1n) is 7.19. The second kappa shape index (κ2) is 6.98. The molecule has 0 saturated carbocycles. The molecule has 1 aliphatic heterocycles. The molecule has 2 rings (SSSR count). The molecule has 0 aromatic heterocycles. The molecule has 1 aliphatic rings. The lowest BCUT2D eigenvalue weighted by molar-refractivity contribution is -0.140. The van der Waals surface area contributed by atoms with E-state index in [1.165, 1.54) is 5.56 Å². The molecular formula is C16H22N2O2S. The molecule has 1 unspecified atom stereocenters. The molecule has 1 fully saturated rings. The minimum absolute atomic E-state index is 0.0294. The fourth-order valence-electron chi connectivity index (χ4n) is 2.56. The molecular weight excluding hydrogens is 284 g/mol. The monoisotopic (exact) mass is 306 g/mol. The molecule has 1 aromatic rings. The Kier molecular flexibility index (Phi) is 5.28. The highest BCUT2D eigenvalue weighted by atomic mass is 32.2. The predicted octanol–water partition coefficient (Wildman–Crippen LogP) is 2.17. The van der Waals surface area contributed by atoms with E-state index in [1.807, 2.05) is 31.2 Å². The Morgan fingerprint density at radius 1 is 1.33 bits per heavy atom. The lowest BCUT2D eigenvalue weighted by atomic mass is 10.2. The van der Waals surface area contributed by atoms with Crippen LogP contribution in [0.5, 0.6) is 0 Å². The van der Waals surface area contributed by atoms with Crippen LogP contribution in [0.25, 0.3) is 0 Å². The van der Waals surface area contributed by atoms with Crippen molar-refractivity contribution in [1.82, 2.24) is 9.80 Å². The summed E-state index contributed by atoms with van der Waals surface area (Å²) in [6.07, 6.45) is 1.68. The zero-order chi connectivity index (χ0) is 15.4. The van der Waals surface area contributed by atoms with Gasteiger partial charge in [0, 0.05) is 25.5 Å². The first-order chi connectivity index (χ1) is 10.0. The Balaban J connectivity index is 1.97. The minimum atomic E-state index is -0.273. The predicted molar refractivity (Wildman–Crippen MR) is 85.3 cm³/mol. The summed E-state index contributed by atoms with van der Waals surface area (Å²) >= 11 is 1.55. The van der Waals surface area contributed by atoms with Crippen molar-refractivity contribution in [3.8, 4) is 0 Å². The van der Waals surface area contributed by atoms with E-state index in [0.29, 0.717) is 12.3 Å². The molecule has 4 nitrogen and oxygen atoms in total. The first-order valence-corrected chi connectivity index (χ1v) is 8.18. The van der Waals surface area contributed by atoms with Crippen molar-refractivity contribution in [1.29, 1.82) is 0 Å². The van der Waals surface area contributed by atoms with Crippen LogP contribution >= 0.6 is 11.8 Å². The van der Waals surface area contributed by atoms with Crippen molar-refractivity contribution in [2.75, 3.05) is 26.4 Å². The van der Waals surface area contributed by atoms with Gasteiger partial charge in [-0.25, -0.2) is 0 Å². The number of likely N-dealkylation sites (N-methyl/N-ethyl adjacent to an activating group) is 1. The highest BCUT2D eigenvalue weighted by Crippen LogP contribution is 2.25. The quantitative estimate of drug-likeness (QED) is 0.801. The SMILES string of the molecule is Cc1ccccc1SCC(=O)N1CCCC1C(=O)N(C)C. The van der Waals surface area contributed by atoms with Gasteiger partial charge in [0.05, 0.1) is 5.75 Å². The number of carbonyl (C=O) groups is 2. The molecule has 0 aliphatic carbocycles. The lowest BCUT2D eigenvalue weighted by Gasteiger charge is -2.26. The molecule has 1 heterocycles. The number of amides is 2. The molecule has 1 atom stereocenters. The molecule has 0 spiro atoms. The van der Waals surface area contributed by atoms with Gasteiger partial charge in [-0.3, -0.25) is 9.59 Å². The summed E-state index contributed by atoms with van der Waals surface area (Å²) in [4.78, 5) is 29.0. The zero-order valence-electron chi connectivity index (χ0n) is 12.8. The average Bonchev–Trinajstić information content (AvgIpc) is 2.94. The summed E-state index contributed by atoms with van der Waals surface area (Å²) in [5.74, 6) is 0.477. The Morgan fingerprint density at radius 2 is 2.05 bits per heavy atom. The van der Waals surface area contributed by atoms with E-state index in [9.17, 15) is 9.59 Å². The third-order valence-electron chi connectivity index (χ3n) is 3.74. The van der Waals surface area contributed by atoms with E-state index in [-0.39, 0.29) is 17.9 Å². The van der Waals surface area contributed by atoms with Gasteiger partial charge in [0.25, 0.3) is 0 Å². The number of hydrogen-bond acceptors (Lipinski definition) is 3. The van der Waals surface area contributed by atoms with Crippen LogP contribution in [-0.4, -0.2) is 54.0 Å². The third-order valence-corrected chi connectivity index (χ3v) is 4.90. The highest BCUT2D eigenvalue weighted by molar-refractivity contribution is 8.00. The van der Waals surface area contributed by atoms with E-state index in [2.05, 4.69) is 0 Å². The van der Waals surface area contributed by atoms with Crippen molar-refractivity contribution < 1.29 is 9.59 Å². The van der Waals surface area contributed by atoms with Crippen molar-refractivity contribution >= 4 is 23.6 Å². The van der Waals surface area contributed by atoms with Crippen LogP contribution in [0.1, 0.15) is 18.4 Å². The second-order valence-corrected chi connectivity index (χ2v) is 6.55. The van der Waals surface area contributed by atoms with E-state index < -0.39 is 0 Å². The smallest absolute Gasteiger partial charge is 0.244 e. The number of hydrogen-bond donors (Lipinski definition) is 0. The fourth-order valence-corrected chi connectivity index (χ4v) is 3.48. The van der Waals surface area contributed by atoms with Gasteiger partial charge in [-0.05, 0) is 31.4 Å². The van der Waals surface area contributed by atoms with Crippen LogP contribution in [0.3, 0.4) is 0 Å². The van der Waals surface area contributed by atoms with Crippen LogP contribution in [0.4, 0.5) is 0 Å². The van der Waals surface area contributed by atoms with Crippen LogP contribution < -0.4 is 0 Å². The number of thioether (sulfide) groups is 1. The van der Waals surface area contributed by atoms with Crippen LogP contribution in [0.15, 0.2) is 29.2 Å². The molecule has 5 heteroatoms. The molecule has 0 bridgehead atoms. The van der Waals surface area contributed by atoms with Gasteiger partial charge in [0.2, 0.25) is 11.8 Å². The summed E-state index contributed by atoms with van der Waals surface area (Å²) in [7, 11) is 3.48. The van der Waals surface area contributed by atoms with E-state index in [4.69, 9.17) is 0 Å². The number of benzene rings is 1. The number of rotatable bonds is 4. The minimum Gasteiger partial charge on any atom is -0.347 e. The van der Waals surface area contributed by atoms with Gasteiger partial charge in [-0.2, -0.15) is 0 Å². The Bertz CT molecular complexity index is 531. The summed E-state index contributed by atoms with van der Waals surface area (Å²) in [5, 5.41) is 0. The Hall–Kier alpha value is -1.49. The standard InChI is InChI=1S/C16H22N2O2S/c1-12-7-4-5-9-14(12)21-11-15(19)18-10-6-8-13(18)16(20)17(2)3/h4-5,7,9,13H,6,8,10-11H2,1-3H3. The molecule has 0 radical (unpaired) electrons. The molecule has 0 N–H and O–H groups in total. The Labute approximate surface area is 130 Å². The molecule has 1 aromatic carbocycles. The van der Waals surface area contributed by atoms with Crippen molar-refractivity contribution in [3.63, 3.8) is 0 Å². The van der Waals surface area contributed by atoms with Gasteiger partial charge in [0.1, 0.15) is 6.04 Å². The van der Waals surface area contributed by atoms with Crippen LogP contribution in [0, 0.1) is 6.92 Å². The lowest BCUT2D eigenvalue weighted by Crippen LogP contribution is -2.46. The highest BCUT2D eigenvalue weighted by Gasteiger charge is 2.34. The number of likely N-dealkylation sites (tertiary alicyclic amines) is 1. The Morgan fingerprint density at radius 3 is 2.71 bits per heavy atom. The van der Waals surface area contributed by atoms with Gasteiger partial charge in [0.15, 0.2) is 0 Å². The zero-order valence-corrected chi connectivity index (χ0v) is 13.7.